The van der Waals surface area contributed by atoms with Crippen LogP contribution in [0.15, 0.2) is 103 Å². The van der Waals surface area contributed by atoms with E-state index < -0.39 is 5.41 Å². The molecule has 1 N–H and O–H groups in total. The standard InChI is InChI=1S/C31H32N2O2/c1-24(23-33-19-21-35-22-20-33)31(26-13-4-2-5-14-26,27-15-6-3-7-16-27)30(34)32-29-18-10-12-25-11-8-9-17-28(25)29/h2-18,24H,19-23H2,1H3,(H,32,34)/t24-/m1/s1. The van der Waals surface area contributed by atoms with Gasteiger partial charge in [-0.3, -0.25) is 9.69 Å². The summed E-state index contributed by atoms with van der Waals surface area (Å²) in [5.41, 5.74) is 1.98. The van der Waals surface area contributed by atoms with Gasteiger partial charge in [0.05, 0.1) is 13.2 Å². The highest BCUT2D eigenvalue weighted by atomic mass is 16.5. The monoisotopic (exact) mass is 464 g/mol. The average molecular weight is 465 g/mol. The largest absolute Gasteiger partial charge is 0.379 e. The van der Waals surface area contributed by atoms with Crippen molar-refractivity contribution >= 4 is 22.4 Å². The molecule has 5 rings (SSSR count). The summed E-state index contributed by atoms with van der Waals surface area (Å²) in [5, 5.41) is 5.51. The van der Waals surface area contributed by atoms with E-state index in [1.807, 2.05) is 60.7 Å². The van der Waals surface area contributed by atoms with Crippen LogP contribution >= 0.6 is 0 Å². The highest BCUT2D eigenvalue weighted by Crippen LogP contribution is 2.41. The van der Waals surface area contributed by atoms with Crippen molar-refractivity contribution in [1.29, 1.82) is 0 Å². The molecule has 4 aromatic carbocycles. The van der Waals surface area contributed by atoms with Crippen molar-refractivity contribution in [3.05, 3.63) is 114 Å². The van der Waals surface area contributed by atoms with Gasteiger partial charge in [-0.1, -0.05) is 104 Å². The van der Waals surface area contributed by atoms with E-state index in [9.17, 15) is 4.79 Å². The summed E-state index contributed by atoms with van der Waals surface area (Å²) in [5.74, 6) is 0.00684. The summed E-state index contributed by atoms with van der Waals surface area (Å²) in [6.45, 7) is 6.25. The van der Waals surface area contributed by atoms with Gasteiger partial charge in [0.15, 0.2) is 0 Å². The van der Waals surface area contributed by atoms with Gasteiger partial charge >= 0.3 is 0 Å². The molecule has 0 bridgehead atoms. The molecule has 4 heteroatoms. The Balaban J connectivity index is 1.63. The average Bonchev–Trinajstić information content (AvgIpc) is 2.91. The number of rotatable bonds is 7. The Hall–Kier alpha value is -3.47. The number of carbonyl (C=O) groups excluding carboxylic acids is 1. The Morgan fingerprint density at radius 1 is 0.829 bits per heavy atom. The minimum atomic E-state index is -0.863. The summed E-state index contributed by atoms with van der Waals surface area (Å²) < 4.78 is 5.58. The number of ether oxygens (including phenoxy) is 1. The summed E-state index contributed by atoms with van der Waals surface area (Å²) in [7, 11) is 0. The predicted molar refractivity (Wildman–Crippen MR) is 143 cm³/mol. The predicted octanol–water partition coefficient (Wildman–Crippen LogP) is 5.73. The smallest absolute Gasteiger partial charge is 0.239 e. The van der Waals surface area contributed by atoms with Gasteiger partial charge in [0.2, 0.25) is 5.91 Å². The number of anilines is 1. The molecule has 178 valence electrons. The quantitative estimate of drug-likeness (QED) is 0.380. The van der Waals surface area contributed by atoms with E-state index in [4.69, 9.17) is 4.74 Å². The SMILES string of the molecule is C[C@H](CN1CCOCC1)C(C(=O)Nc1cccc2ccccc12)(c1ccccc1)c1ccccc1. The van der Waals surface area contributed by atoms with Gasteiger partial charge in [0, 0.05) is 30.7 Å². The van der Waals surface area contributed by atoms with E-state index in [0.29, 0.717) is 0 Å². The number of fused-ring (bicyclic) bond motifs is 1. The molecule has 0 unspecified atom stereocenters. The minimum absolute atomic E-state index is 0.00740. The normalized spacial score (nSPS) is 15.6. The maximum Gasteiger partial charge on any atom is 0.239 e. The van der Waals surface area contributed by atoms with E-state index in [0.717, 1.165) is 60.4 Å². The fourth-order valence-electron chi connectivity index (χ4n) is 5.49. The highest BCUT2D eigenvalue weighted by Gasteiger charge is 2.47. The first-order valence-electron chi connectivity index (χ1n) is 12.4. The Morgan fingerprint density at radius 2 is 1.40 bits per heavy atom. The molecule has 1 saturated heterocycles. The van der Waals surface area contributed by atoms with Gasteiger partial charge in [-0.05, 0) is 28.5 Å². The number of benzene rings is 4. The van der Waals surface area contributed by atoms with Crippen LogP contribution in [0, 0.1) is 5.92 Å². The molecule has 0 saturated carbocycles. The molecule has 0 spiro atoms. The fraction of sp³-hybridized carbons (Fsp3) is 0.258. The first-order valence-corrected chi connectivity index (χ1v) is 12.4. The molecular weight excluding hydrogens is 432 g/mol. The summed E-state index contributed by atoms with van der Waals surface area (Å²) in [6.07, 6.45) is 0. The molecule has 1 aliphatic heterocycles. The third-order valence-corrected chi connectivity index (χ3v) is 7.23. The highest BCUT2D eigenvalue weighted by molar-refractivity contribution is 6.07. The molecular formula is C31H32N2O2. The summed E-state index contributed by atoms with van der Waals surface area (Å²) in [4.78, 5) is 17.0. The Bertz CT molecular complexity index is 1220. The van der Waals surface area contributed by atoms with Crippen LogP contribution in [0.1, 0.15) is 18.1 Å². The lowest BCUT2D eigenvalue weighted by atomic mass is 9.65. The molecule has 1 fully saturated rings. The second-order valence-electron chi connectivity index (χ2n) is 9.33. The lowest BCUT2D eigenvalue weighted by Gasteiger charge is -2.41. The zero-order valence-corrected chi connectivity index (χ0v) is 20.2. The molecule has 0 aliphatic carbocycles. The molecule has 35 heavy (non-hydrogen) atoms. The van der Waals surface area contributed by atoms with E-state index >= 15 is 0 Å². The van der Waals surface area contributed by atoms with Crippen molar-refractivity contribution in [1.82, 2.24) is 4.90 Å². The number of carbonyl (C=O) groups is 1. The van der Waals surface area contributed by atoms with Gasteiger partial charge in [-0.15, -0.1) is 0 Å². The second kappa shape index (κ2) is 10.4. The number of hydrogen-bond acceptors (Lipinski definition) is 3. The van der Waals surface area contributed by atoms with Crippen molar-refractivity contribution in [2.24, 2.45) is 5.92 Å². The molecule has 1 heterocycles. The van der Waals surface area contributed by atoms with Crippen molar-refractivity contribution in [2.45, 2.75) is 12.3 Å². The number of amides is 1. The lowest BCUT2D eigenvalue weighted by molar-refractivity contribution is -0.122. The molecule has 1 aliphatic rings. The Labute approximate surface area is 207 Å². The van der Waals surface area contributed by atoms with Crippen LogP contribution in [-0.2, 0) is 14.9 Å². The molecule has 1 amide bonds. The third kappa shape index (κ3) is 4.60. The fourth-order valence-corrected chi connectivity index (χ4v) is 5.49. The van der Waals surface area contributed by atoms with Crippen molar-refractivity contribution in [3.8, 4) is 0 Å². The molecule has 4 nitrogen and oxygen atoms in total. The van der Waals surface area contributed by atoms with Crippen LogP contribution in [0.5, 0.6) is 0 Å². The molecule has 0 aromatic heterocycles. The van der Waals surface area contributed by atoms with Gasteiger partial charge in [0.1, 0.15) is 5.41 Å². The zero-order chi connectivity index (χ0) is 24.1. The van der Waals surface area contributed by atoms with Crippen molar-refractivity contribution in [2.75, 3.05) is 38.2 Å². The molecule has 1 atom stereocenters. The van der Waals surface area contributed by atoms with Crippen LogP contribution in [0.2, 0.25) is 0 Å². The zero-order valence-electron chi connectivity index (χ0n) is 20.2. The maximum atomic E-state index is 14.6. The van der Waals surface area contributed by atoms with Crippen LogP contribution < -0.4 is 5.32 Å². The third-order valence-electron chi connectivity index (χ3n) is 7.23. The molecule has 0 radical (unpaired) electrons. The number of nitrogens with zero attached hydrogens (tertiary/aromatic N) is 1. The Morgan fingerprint density at radius 3 is 2.06 bits per heavy atom. The second-order valence-corrected chi connectivity index (χ2v) is 9.33. The Kier molecular flexibility index (Phi) is 6.94. The maximum absolute atomic E-state index is 14.6. The van der Waals surface area contributed by atoms with E-state index in [-0.39, 0.29) is 11.8 Å². The van der Waals surface area contributed by atoms with Crippen LogP contribution in [-0.4, -0.2) is 43.7 Å². The number of nitrogens with one attached hydrogen (secondary N) is 1. The van der Waals surface area contributed by atoms with Gasteiger partial charge < -0.3 is 10.1 Å². The van der Waals surface area contributed by atoms with E-state index in [1.54, 1.807) is 0 Å². The molecule has 4 aromatic rings. The first kappa shape index (κ1) is 23.3. The minimum Gasteiger partial charge on any atom is -0.379 e. The van der Waals surface area contributed by atoms with Crippen LogP contribution in [0.25, 0.3) is 10.8 Å². The van der Waals surface area contributed by atoms with Gasteiger partial charge in [0.25, 0.3) is 0 Å². The van der Waals surface area contributed by atoms with Crippen molar-refractivity contribution < 1.29 is 9.53 Å². The van der Waals surface area contributed by atoms with E-state index in [1.165, 1.54) is 0 Å². The lowest BCUT2D eigenvalue weighted by Crippen LogP contribution is -2.51. The van der Waals surface area contributed by atoms with Crippen LogP contribution in [0.3, 0.4) is 0 Å². The van der Waals surface area contributed by atoms with Gasteiger partial charge in [-0.2, -0.15) is 0 Å². The first-order chi connectivity index (χ1) is 17.2. The van der Waals surface area contributed by atoms with Gasteiger partial charge in [-0.25, -0.2) is 0 Å². The number of morpholine rings is 1. The summed E-state index contributed by atoms with van der Waals surface area (Å²) >= 11 is 0. The number of hydrogen-bond donors (Lipinski definition) is 1. The summed E-state index contributed by atoms with van der Waals surface area (Å²) in [6, 6.07) is 34.7. The van der Waals surface area contributed by atoms with E-state index in [2.05, 4.69) is 59.6 Å². The van der Waals surface area contributed by atoms with Crippen molar-refractivity contribution in [3.63, 3.8) is 0 Å². The topological polar surface area (TPSA) is 41.6 Å². The van der Waals surface area contributed by atoms with Crippen LogP contribution in [0.4, 0.5) is 5.69 Å².